The van der Waals surface area contributed by atoms with E-state index in [1.54, 1.807) is 0 Å². The van der Waals surface area contributed by atoms with Gasteiger partial charge < -0.3 is 10.1 Å². The van der Waals surface area contributed by atoms with E-state index >= 15 is 0 Å². The summed E-state index contributed by atoms with van der Waals surface area (Å²) in [5.41, 5.74) is 2.55. The second-order valence-electron chi connectivity index (χ2n) is 5.95. The lowest BCUT2D eigenvalue weighted by atomic mass is 10.1. The van der Waals surface area contributed by atoms with Gasteiger partial charge in [-0.2, -0.15) is 0 Å². The highest BCUT2D eigenvalue weighted by Gasteiger charge is 2.31. The van der Waals surface area contributed by atoms with E-state index in [0.29, 0.717) is 12.1 Å². The monoisotopic (exact) mass is 294 g/mol. The van der Waals surface area contributed by atoms with Crippen molar-refractivity contribution in [3.05, 3.63) is 34.3 Å². The van der Waals surface area contributed by atoms with E-state index in [9.17, 15) is 0 Å². The Kier molecular flexibility index (Phi) is 4.61. The Morgan fingerprint density at radius 2 is 2.35 bits per heavy atom. The summed E-state index contributed by atoms with van der Waals surface area (Å²) in [7, 11) is 0. The third-order valence-electron chi connectivity index (χ3n) is 4.45. The third-order valence-corrected chi connectivity index (χ3v) is 4.69. The molecule has 0 saturated carbocycles. The van der Waals surface area contributed by atoms with Crippen molar-refractivity contribution in [2.24, 2.45) is 0 Å². The highest BCUT2D eigenvalue weighted by atomic mass is 35.5. The lowest BCUT2D eigenvalue weighted by Gasteiger charge is -2.35. The van der Waals surface area contributed by atoms with Gasteiger partial charge in [-0.15, -0.1) is 0 Å². The molecule has 20 heavy (non-hydrogen) atoms. The van der Waals surface area contributed by atoms with Crippen LogP contribution < -0.4 is 5.32 Å². The van der Waals surface area contributed by atoms with E-state index in [1.807, 2.05) is 12.1 Å². The number of benzene rings is 1. The first-order chi connectivity index (χ1) is 9.72. The normalized spacial score (nSPS) is 26.7. The van der Waals surface area contributed by atoms with Crippen LogP contribution in [0.4, 0.5) is 0 Å². The van der Waals surface area contributed by atoms with Gasteiger partial charge in [-0.25, -0.2) is 0 Å². The van der Waals surface area contributed by atoms with E-state index in [1.165, 1.54) is 30.5 Å². The van der Waals surface area contributed by atoms with Crippen molar-refractivity contribution < 1.29 is 4.74 Å². The third kappa shape index (κ3) is 3.34. The largest absolute Gasteiger partial charge is 0.374 e. The molecule has 2 unspecified atom stereocenters. The van der Waals surface area contributed by atoms with Crippen molar-refractivity contribution in [3.63, 3.8) is 0 Å². The number of morpholine rings is 1. The van der Waals surface area contributed by atoms with Gasteiger partial charge in [0.05, 0.1) is 12.7 Å². The number of nitrogens with zero attached hydrogens (tertiary/aromatic N) is 1. The van der Waals surface area contributed by atoms with Gasteiger partial charge in [0, 0.05) is 30.7 Å². The molecule has 0 aromatic heterocycles. The van der Waals surface area contributed by atoms with Crippen LogP contribution in [0.15, 0.2) is 18.2 Å². The van der Waals surface area contributed by atoms with Crippen LogP contribution in [0.1, 0.15) is 24.0 Å². The van der Waals surface area contributed by atoms with Crippen molar-refractivity contribution in [1.82, 2.24) is 10.2 Å². The number of rotatable bonds is 4. The number of hydrogen-bond acceptors (Lipinski definition) is 3. The molecule has 3 nitrogen and oxygen atoms in total. The van der Waals surface area contributed by atoms with E-state index in [-0.39, 0.29) is 0 Å². The Labute approximate surface area is 126 Å². The molecule has 2 heterocycles. The molecule has 110 valence electrons. The summed E-state index contributed by atoms with van der Waals surface area (Å²) in [4.78, 5) is 2.59. The van der Waals surface area contributed by atoms with Crippen molar-refractivity contribution in [3.8, 4) is 0 Å². The quantitative estimate of drug-likeness (QED) is 0.924. The van der Waals surface area contributed by atoms with Crippen molar-refractivity contribution >= 4 is 11.6 Å². The standard InChI is InChI=1S/C16H23ClN2O/c1-12-7-14(17)5-4-13(12)8-18-9-16-10-19-6-2-3-15(19)11-20-16/h4-5,7,15-16,18H,2-3,6,8-11H2,1H3. The summed E-state index contributed by atoms with van der Waals surface area (Å²) in [6, 6.07) is 6.76. The number of hydrogen-bond donors (Lipinski definition) is 1. The van der Waals surface area contributed by atoms with Crippen LogP contribution in [0.3, 0.4) is 0 Å². The fourth-order valence-corrected chi connectivity index (χ4v) is 3.46. The Balaban J connectivity index is 1.45. The van der Waals surface area contributed by atoms with Gasteiger partial charge in [-0.3, -0.25) is 4.90 Å². The highest BCUT2D eigenvalue weighted by molar-refractivity contribution is 6.30. The van der Waals surface area contributed by atoms with E-state index < -0.39 is 0 Å². The fraction of sp³-hybridized carbons (Fsp3) is 0.625. The first-order valence-electron chi connectivity index (χ1n) is 7.54. The van der Waals surface area contributed by atoms with Crippen molar-refractivity contribution in [2.75, 3.05) is 26.2 Å². The maximum Gasteiger partial charge on any atom is 0.0827 e. The molecule has 0 radical (unpaired) electrons. The van der Waals surface area contributed by atoms with Crippen LogP contribution >= 0.6 is 11.6 Å². The molecule has 1 N–H and O–H groups in total. The summed E-state index contributed by atoms with van der Waals surface area (Å²) >= 11 is 5.98. The molecule has 0 bridgehead atoms. The minimum absolute atomic E-state index is 0.331. The van der Waals surface area contributed by atoms with Gasteiger partial charge >= 0.3 is 0 Å². The molecule has 3 rings (SSSR count). The summed E-state index contributed by atoms with van der Waals surface area (Å²) in [6.07, 6.45) is 2.97. The topological polar surface area (TPSA) is 24.5 Å². The zero-order valence-electron chi connectivity index (χ0n) is 12.1. The maximum absolute atomic E-state index is 5.98. The van der Waals surface area contributed by atoms with Crippen LogP contribution in [0.5, 0.6) is 0 Å². The average molecular weight is 295 g/mol. The Morgan fingerprint density at radius 1 is 1.45 bits per heavy atom. The molecule has 0 aliphatic carbocycles. The number of aryl methyl sites for hydroxylation is 1. The Bertz CT molecular complexity index is 466. The number of halogens is 1. The van der Waals surface area contributed by atoms with Gasteiger partial charge in [0.15, 0.2) is 0 Å². The van der Waals surface area contributed by atoms with Crippen LogP contribution in [-0.2, 0) is 11.3 Å². The number of fused-ring (bicyclic) bond motifs is 1. The van der Waals surface area contributed by atoms with Gasteiger partial charge in [-0.05, 0) is 49.6 Å². The van der Waals surface area contributed by atoms with Crippen LogP contribution in [0.25, 0.3) is 0 Å². The average Bonchev–Trinajstić information content (AvgIpc) is 2.89. The maximum atomic E-state index is 5.98. The molecule has 4 heteroatoms. The van der Waals surface area contributed by atoms with Crippen LogP contribution in [0, 0.1) is 6.92 Å². The second kappa shape index (κ2) is 6.44. The van der Waals surface area contributed by atoms with Gasteiger partial charge in [-0.1, -0.05) is 17.7 Å². The Hall–Kier alpha value is -0.610. The lowest BCUT2D eigenvalue weighted by molar-refractivity contribution is -0.0470. The van der Waals surface area contributed by atoms with E-state index in [2.05, 4.69) is 23.2 Å². The lowest BCUT2D eigenvalue weighted by Crippen LogP contribution is -2.49. The predicted molar refractivity (Wildman–Crippen MR) is 82.2 cm³/mol. The molecule has 2 fully saturated rings. The van der Waals surface area contributed by atoms with Crippen molar-refractivity contribution in [2.45, 2.75) is 38.5 Å². The molecule has 2 atom stereocenters. The Morgan fingerprint density at radius 3 is 3.20 bits per heavy atom. The molecular formula is C16H23ClN2O. The van der Waals surface area contributed by atoms with Crippen LogP contribution in [-0.4, -0.2) is 43.3 Å². The first-order valence-corrected chi connectivity index (χ1v) is 7.91. The van der Waals surface area contributed by atoms with Crippen molar-refractivity contribution in [1.29, 1.82) is 0 Å². The van der Waals surface area contributed by atoms with Gasteiger partial charge in [0.1, 0.15) is 0 Å². The first kappa shape index (κ1) is 14.3. The molecule has 1 aromatic rings. The SMILES string of the molecule is Cc1cc(Cl)ccc1CNCC1CN2CCCC2CO1. The highest BCUT2D eigenvalue weighted by Crippen LogP contribution is 2.22. The zero-order valence-corrected chi connectivity index (χ0v) is 12.8. The molecule has 2 aliphatic rings. The minimum Gasteiger partial charge on any atom is -0.374 e. The van der Waals surface area contributed by atoms with Crippen LogP contribution in [0.2, 0.25) is 5.02 Å². The molecule has 1 aromatic carbocycles. The number of ether oxygens (including phenoxy) is 1. The number of nitrogens with one attached hydrogen (secondary N) is 1. The molecule has 0 amide bonds. The fourth-order valence-electron chi connectivity index (χ4n) is 3.23. The van der Waals surface area contributed by atoms with E-state index in [4.69, 9.17) is 16.3 Å². The molecule has 0 spiro atoms. The molecule has 2 saturated heterocycles. The summed E-state index contributed by atoms with van der Waals surface area (Å²) in [5, 5.41) is 4.32. The smallest absolute Gasteiger partial charge is 0.0827 e. The second-order valence-corrected chi connectivity index (χ2v) is 6.38. The predicted octanol–water partition coefficient (Wildman–Crippen LogP) is 2.60. The zero-order chi connectivity index (χ0) is 13.9. The molecular weight excluding hydrogens is 272 g/mol. The summed E-state index contributed by atoms with van der Waals surface area (Å²) < 4.78 is 5.95. The summed E-state index contributed by atoms with van der Waals surface area (Å²) in [5.74, 6) is 0. The molecule has 2 aliphatic heterocycles. The van der Waals surface area contributed by atoms with Gasteiger partial charge in [0.25, 0.3) is 0 Å². The van der Waals surface area contributed by atoms with Gasteiger partial charge in [0.2, 0.25) is 0 Å². The van der Waals surface area contributed by atoms with E-state index in [0.717, 1.165) is 31.3 Å². The minimum atomic E-state index is 0.331. The summed E-state index contributed by atoms with van der Waals surface area (Å²) in [6.45, 7) is 7.15.